The number of rotatable bonds is 5. The largest absolute Gasteiger partial charge is 0.385 e. The zero-order valence-electron chi connectivity index (χ0n) is 12.0. The minimum atomic E-state index is -0.0775. The molecule has 0 radical (unpaired) electrons. The van der Waals surface area contributed by atoms with Crippen LogP contribution in [0.5, 0.6) is 0 Å². The van der Waals surface area contributed by atoms with Crippen LogP contribution in [0.4, 0.5) is 5.69 Å². The summed E-state index contributed by atoms with van der Waals surface area (Å²) in [5.41, 5.74) is 2.76. The third-order valence-corrected chi connectivity index (χ3v) is 3.21. The molecule has 4 heteroatoms. The molecule has 102 valence electrons. The Kier molecular flexibility index (Phi) is 5.37. The van der Waals surface area contributed by atoms with Gasteiger partial charge in [-0.25, -0.2) is 0 Å². The second-order valence-corrected chi connectivity index (χ2v) is 4.69. The van der Waals surface area contributed by atoms with Crippen molar-refractivity contribution in [3.8, 4) is 6.07 Å². The van der Waals surface area contributed by atoms with Crippen molar-refractivity contribution >= 4 is 11.6 Å². The Bertz CT molecular complexity index is 491. The molecule has 0 bridgehead atoms. The number of aryl methyl sites for hydroxylation is 1. The van der Waals surface area contributed by atoms with Gasteiger partial charge >= 0.3 is 0 Å². The van der Waals surface area contributed by atoms with Crippen LogP contribution in [0, 0.1) is 18.3 Å². The van der Waals surface area contributed by atoms with E-state index in [0.717, 1.165) is 17.8 Å². The summed E-state index contributed by atoms with van der Waals surface area (Å²) in [7, 11) is 1.73. The summed E-state index contributed by atoms with van der Waals surface area (Å²) in [6.45, 7) is 6.75. The summed E-state index contributed by atoms with van der Waals surface area (Å²) in [4.78, 5) is 13.9. The highest BCUT2D eigenvalue weighted by Crippen LogP contribution is 2.18. The summed E-state index contributed by atoms with van der Waals surface area (Å²) in [6.07, 6.45) is 0.344. The van der Waals surface area contributed by atoms with E-state index in [9.17, 15) is 4.79 Å². The maximum atomic E-state index is 12.3. The van der Waals surface area contributed by atoms with Crippen molar-refractivity contribution in [2.24, 2.45) is 0 Å². The van der Waals surface area contributed by atoms with Crippen LogP contribution in [-0.2, 0) is 0 Å². The van der Waals surface area contributed by atoms with Crippen molar-refractivity contribution in [3.63, 3.8) is 0 Å². The van der Waals surface area contributed by atoms with E-state index in [1.165, 1.54) is 0 Å². The lowest BCUT2D eigenvalue weighted by Crippen LogP contribution is -2.34. The van der Waals surface area contributed by atoms with Gasteiger partial charge in [0.2, 0.25) is 0 Å². The highest BCUT2D eigenvalue weighted by molar-refractivity contribution is 5.95. The second-order valence-electron chi connectivity index (χ2n) is 4.69. The Balaban J connectivity index is 2.89. The lowest BCUT2D eigenvalue weighted by molar-refractivity contribution is 0.0746. The smallest absolute Gasteiger partial charge is 0.253 e. The molecule has 0 spiro atoms. The van der Waals surface area contributed by atoms with Gasteiger partial charge in [0.25, 0.3) is 5.91 Å². The SMILES string of the molecule is CCNc1ccc(C(=O)N(C)C(C)CC#N)cc1C. The standard InChI is InChI=1S/C15H21N3O/c1-5-17-14-7-6-13(10-11(14)2)15(19)18(4)12(3)8-9-16/h6-7,10,12,17H,5,8H2,1-4H3. The topological polar surface area (TPSA) is 56.1 Å². The number of amides is 1. The number of nitrogens with one attached hydrogen (secondary N) is 1. The van der Waals surface area contributed by atoms with E-state index in [-0.39, 0.29) is 11.9 Å². The second kappa shape index (κ2) is 6.79. The molecule has 1 N–H and O–H groups in total. The first-order chi connectivity index (χ1) is 9.01. The average Bonchev–Trinajstić information content (AvgIpc) is 2.40. The molecule has 19 heavy (non-hydrogen) atoms. The van der Waals surface area contributed by atoms with Gasteiger partial charge in [-0.3, -0.25) is 4.79 Å². The Hall–Kier alpha value is -2.02. The van der Waals surface area contributed by atoms with Gasteiger partial charge in [-0.1, -0.05) is 0 Å². The van der Waals surface area contributed by atoms with Gasteiger partial charge in [-0.05, 0) is 44.5 Å². The molecule has 1 aromatic carbocycles. The summed E-state index contributed by atoms with van der Waals surface area (Å²) in [6, 6.07) is 7.64. The molecule has 1 unspecified atom stereocenters. The van der Waals surface area contributed by atoms with Gasteiger partial charge in [0.05, 0.1) is 12.5 Å². The van der Waals surface area contributed by atoms with Crippen LogP contribution in [0.15, 0.2) is 18.2 Å². The summed E-state index contributed by atoms with van der Waals surface area (Å²) < 4.78 is 0. The molecule has 0 saturated heterocycles. The number of nitrogens with zero attached hydrogens (tertiary/aromatic N) is 2. The molecule has 1 rings (SSSR count). The minimum Gasteiger partial charge on any atom is -0.385 e. The molecule has 0 aromatic heterocycles. The van der Waals surface area contributed by atoms with E-state index in [2.05, 4.69) is 11.4 Å². The van der Waals surface area contributed by atoms with Crippen LogP contribution in [0.3, 0.4) is 0 Å². The molecule has 0 saturated carbocycles. The summed E-state index contributed by atoms with van der Waals surface area (Å²) in [5.74, 6) is -0.0473. The normalized spacial score (nSPS) is 11.5. The number of carbonyl (C=O) groups is 1. The maximum absolute atomic E-state index is 12.3. The van der Waals surface area contributed by atoms with Gasteiger partial charge in [0.1, 0.15) is 0 Å². The van der Waals surface area contributed by atoms with Gasteiger partial charge < -0.3 is 10.2 Å². The number of carbonyl (C=O) groups excluding carboxylic acids is 1. The van der Waals surface area contributed by atoms with Gasteiger partial charge in [-0.2, -0.15) is 5.26 Å². The predicted molar refractivity (Wildman–Crippen MR) is 77.1 cm³/mol. The van der Waals surface area contributed by atoms with Crippen LogP contribution in [0.1, 0.15) is 36.2 Å². The lowest BCUT2D eigenvalue weighted by atomic mass is 10.1. The average molecular weight is 259 g/mol. The molecule has 0 aliphatic rings. The molecule has 4 nitrogen and oxygen atoms in total. The number of anilines is 1. The maximum Gasteiger partial charge on any atom is 0.253 e. The Morgan fingerprint density at radius 3 is 2.74 bits per heavy atom. The van der Waals surface area contributed by atoms with Gasteiger partial charge in [0, 0.05) is 30.9 Å². The van der Waals surface area contributed by atoms with Gasteiger partial charge in [0.15, 0.2) is 0 Å². The highest BCUT2D eigenvalue weighted by Gasteiger charge is 2.17. The highest BCUT2D eigenvalue weighted by atomic mass is 16.2. The van der Waals surface area contributed by atoms with Crippen molar-refractivity contribution in [3.05, 3.63) is 29.3 Å². The van der Waals surface area contributed by atoms with Crippen LogP contribution in [0.2, 0.25) is 0 Å². The van der Waals surface area contributed by atoms with Crippen molar-refractivity contribution in [1.29, 1.82) is 5.26 Å². The third-order valence-electron chi connectivity index (χ3n) is 3.21. The van der Waals surface area contributed by atoms with Crippen molar-refractivity contribution in [1.82, 2.24) is 4.90 Å². The molecule has 0 fully saturated rings. The van der Waals surface area contributed by atoms with E-state index < -0.39 is 0 Å². The Morgan fingerprint density at radius 1 is 1.53 bits per heavy atom. The molecule has 1 aromatic rings. The summed E-state index contributed by atoms with van der Waals surface area (Å²) >= 11 is 0. The fraction of sp³-hybridized carbons (Fsp3) is 0.467. The number of hydrogen-bond donors (Lipinski definition) is 1. The summed E-state index contributed by atoms with van der Waals surface area (Å²) in [5, 5.41) is 11.9. The molecular formula is C15H21N3O. The van der Waals surface area contributed by atoms with E-state index in [1.54, 1.807) is 11.9 Å². The zero-order valence-corrected chi connectivity index (χ0v) is 12.0. The molecule has 0 aliphatic heterocycles. The third kappa shape index (κ3) is 3.72. The Labute approximate surface area is 115 Å². The van der Waals surface area contributed by atoms with E-state index in [0.29, 0.717) is 12.0 Å². The number of nitriles is 1. The van der Waals surface area contributed by atoms with E-state index >= 15 is 0 Å². The van der Waals surface area contributed by atoms with E-state index in [1.807, 2.05) is 39.0 Å². The molecule has 0 aliphatic carbocycles. The first-order valence-electron chi connectivity index (χ1n) is 6.49. The lowest BCUT2D eigenvalue weighted by Gasteiger charge is -2.23. The molecule has 0 heterocycles. The quantitative estimate of drug-likeness (QED) is 0.884. The fourth-order valence-electron chi connectivity index (χ4n) is 1.86. The van der Waals surface area contributed by atoms with Crippen molar-refractivity contribution in [2.45, 2.75) is 33.2 Å². The van der Waals surface area contributed by atoms with Crippen LogP contribution in [0.25, 0.3) is 0 Å². The van der Waals surface area contributed by atoms with Crippen LogP contribution in [-0.4, -0.2) is 30.4 Å². The first kappa shape index (κ1) is 15.0. The van der Waals surface area contributed by atoms with Crippen LogP contribution < -0.4 is 5.32 Å². The predicted octanol–water partition coefficient (Wildman–Crippen LogP) is 2.80. The van der Waals surface area contributed by atoms with Gasteiger partial charge in [-0.15, -0.1) is 0 Å². The number of hydrogen-bond acceptors (Lipinski definition) is 3. The fourth-order valence-corrected chi connectivity index (χ4v) is 1.86. The molecular weight excluding hydrogens is 238 g/mol. The van der Waals surface area contributed by atoms with Crippen LogP contribution >= 0.6 is 0 Å². The first-order valence-corrected chi connectivity index (χ1v) is 6.49. The molecule has 1 atom stereocenters. The molecule has 1 amide bonds. The Morgan fingerprint density at radius 2 is 2.21 bits per heavy atom. The number of benzene rings is 1. The minimum absolute atomic E-state index is 0.0473. The zero-order chi connectivity index (χ0) is 14.4. The monoisotopic (exact) mass is 259 g/mol. The van der Waals surface area contributed by atoms with Crippen molar-refractivity contribution in [2.75, 3.05) is 18.9 Å². The van der Waals surface area contributed by atoms with E-state index in [4.69, 9.17) is 5.26 Å². The van der Waals surface area contributed by atoms with Crippen molar-refractivity contribution < 1.29 is 4.79 Å².